The lowest BCUT2D eigenvalue weighted by Crippen LogP contribution is -2.29. The topological polar surface area (TPSA) is 54.0 Å². The predicted octanol–water partition coefficient (Wildman–Crippen LogP) is 0.642. The van der Waals surface area contributed by atoms with Crippen molar-refractivity contribution in [3.05, 3.63) is 23.8 Å². The van der Waals surface area contributed by atoms with Gasteiger partial charge in [0, 0.05) is 19.6 Å². The van der Waals surface area contributed by atoms with Crippen LogP contribution in [-0.2, 0) is 0 Å². The number of aliphatic hydroxyl groups is 1. The molecule has 5 heteroatoms. The quantitative estimate of drug-likeness (QED) is 0.740. The maximum Gasteiger partial charge on any atom is 0.161 e. The minimum atomic E-state index is -0.530. The first-order chi connectivity index (χ1) is 9.16. The molecule has 0 saturated heterocycles. The first-order valence-electron chi connectivity index (χ1n) is 6.60. The fraction of sp³-hybridized carbons (Fsp3) is 0.571. The van der Waals surface area contributed by atoms with Crippen LogP contribution in [0.3, 0.4) is 0 Å². The van der Waals surface area contributed by atoms with E-state index in [1.807, 2.05) is 32.3 Å². The Hall–Kier alpha value is -1.30. The SMILES string of the molecule is CN(C)CCNCC(O)c1ccc2c(c1)OCCO2. The zero-order valence-electron chi connectivity index (χ0n) is 11.6. The van der Waals surface area contributed by atoms with Crippen LogP contribution in [0, 0.1) is 0 Å². The largest absolute Gasteiger partial charge is 0.486 e. The van der Waals surface area contributed by atoms with Crippen molar-refractivity contribution in [1.82, 2.24) is 10.2 Å². The number of fused-ring (bicyclic) bond motifs is 1. The first kappa shape index (κ1) is 14.1. The number of nitrogens with zero attached hydrogens (tertiary/aromatic N) is 1. The van der Waals surface area contributed by atoms with Crippen molar-refractivity contribution < 1.29 is 14.6 Å². The summed E-state index contributed by atoms with van der Waals surface area (Å²) in [6.07, 6.45) is -0.530. The molecular weight excluding hydrogens is 244 g/mol. The number of hydrogen-bond acceptors (Lipinski definition) is 5. The van der Waals surface area contributed by atoms with E-state index in [2.05, 4.69) is 10.2 Å². The van der Waals surface area contributed by atoms with Crippen LogP contribution in [-0.4, -0.2) is 56.9 Å². The van der Waals surface area contributed by atoms with Crippen LogP contribution in [0.5, 0.6) is 11.5 Å². The predicted molar refractivity (Wildman–Crippen MR) is 73.8 cm³/mol. The third-order valence-electron chi connectivity index (χ3n) is 3.02. The fourth-order valence-electron chi connectivity index (χ4n) is 1.93. The van der Waals surface area contributed by atoms with Crippen LogP contribution in [0.25, 0.3) is 0 Å². The molecule has 0 fully saturated rings. The number of nitrogens with one attached hydrogen (secondary N) is 1. The third kappa shape index (κ3) is 4.09. The van der Waals surface area contributed by atoms with Gasteiger partial charge in [-0.3, -0.25) is 0 Å². The van der Waals surface area contributed by atoms with Gasteiger partial charge in [0.2, 0.25) is 0 Å². The molecule has 5 nitrogen and oxygen atoms in total. The molecule has 0 bridgehead atoms. The van der Waals surface area contributed by atoms with Crippen molar-refractivity contribution in [3.63, 3.8) is 0 Å². The molecule has 2 N–H and O–H groups in total. The van der Waals surface area contributed by atoms with Gasteiger partial charge in [0.1, 0.15) is 13.2 Å². The monoisotopic (exact) mass is 266 g/mol. The lowest BCUT2D eigenvalue weighted by atomic mass is 10.1. The molecule has 0 saturated carbocycles. The highest BCUT2D eigenvalue weighted by Gasteiger charge is 2.15. The molecule has 106 valence electrons. The maximum absolute atomic E-state index is 10.1. The van der Waals surface area contributed by atoms with Crippen molar-refractivity contribution in [2.24, 2.45) is 0 Å². The summed E-state index contributed by atoms with van der Waals surface area (Å²) in [5, 5.41) is 13.3. The molecule has 1 aromatic carbocycles. The zero-order chi connectivity index (χ0) is 13.7. The Balaban J connectivity index is 1.86. The second-order valence-electron chi connectivity index (χ2n) is 4.93. The second-order valence-corrected chi connectivity index (χ2v) is 4.93. The average molecular weight is 266 g/mol. The average Bonchev–Trinajstić information content (AvgIpc) is 2.42. The van der Waals surface area contributed by atoms with Crippen LogP contribution < -0.4 is 14.8 Å². The van der Waals surface area contributed by atoms with Crippen LogP contribution >= 0.6 is 0 Å². The van der Waals surface area contributed by atoms with Crippen molar-refractivity contribution in [2.45, 2.75) is 6.10 Å². The first-order valence-corrected chi connectivity index (χ1v) is 6.60. The normalized spacial score (nSPS) is 15.6. The molecule has 1 aromatic rings. The van der Waals surface area contributed by atoms with Gasteiger partial charge in [-0.1, -0.05) is 6.07 Å². The van der Waals surface area contributed by atoms with E-state index < -0.39 is 6.10 Å². The number of hydrogen-bond donors (Lipinski definition) is 2. The molecule has 19 heavy (non-hydrogen) atoms. The summed E-state index contributed by atoms with van der Waals surface area (Å²) >= 11 is 0. The van der Waals surface area contributed by atoms with Gasteiger partial charge in [0.05, 0.1) is 6.10 Å². The Morgan fingerprint density at radius 3 is 2.74 bits per heavy atom. The van der Waals surface area contributed by atoms with Gasteiger partial charge in [0.25, 0.3) is 0 Å². The Kier molecular flexibility index (Phi) is 5.01. The van der Waals surface area contributed by atoms with E-state index in [1.54, 1.807) is 0 Å². The van der Waals surface area contributed by atoms with Crippen molar-refractivity contribution in [3.8, 4) is 11.5 Å². The molecule has 1 atom stereocenters. The number of likely N-dealkylation sites (N-methyl/N-ethyl adjacent to an activating group) is 1. The van der Waals surface area contributed by atoms with E-state index in [-0.39, 0.29) is 0 Å². The highest BCUT2D eigenvalue weighted by molar-refractivity contribution is 5.44. The number of aliphatic hydroxyl groups excluding tert-OH is 1. The van der Waals surface area contributed by atoms with Gasteiger partial charge in [0.15, 0.2) is 11.5 Å². The van der Waals surface area contributed by atoms with Crippen LogP contribution in [0.15, 0.2) is 18.2 Å². The number of ether oxygens (including phenoxy) is 2. The highest BCUT2D eigenvalue weighted by atomic mass is 16.6. The number of benzene rings is 1. The summed E-state index contributed by atoms with van der Waals surface area (Å²) in [6, 6.07) is 5.59. The van der Waals surface area contributed by atoms with Gasteiger partial charge < -0.3 is 24.8 Å². The van der Waals surface area contributed by atoms with Crippen molar-refractivity contribution in [1.29, 1.82) is 0 Å². The van der Waals surface area contributed by atoms with E-state index in [0.717, 1.165) is 30.2 Å². The molecule has 1 heterocycles. The summed E-state index contributed by atoms with van der Waals surface area (Å²) in [5.74, 6) is 1.47. The van der Waals surface area contributed by atoms with E-state index in [0.29, 0.717) is 19.8 Å². The molecule has 1 aliphatic rings. The summed E-state index contributed by atoms with van der Waals surface area (Å²) in [6.45, 7) is 3.49. The van der Waals surface area contributed by atoms with Gasteiger partial charge in [-0.2, -0.15) is 0 Å². The molecule has 0 amide bonds. The minimum Gasteiger partial charge on any atom is -0.486 e. The van der Waals surface area contributed by atoms with Gasteiger partial charge >= 0.3 is 0 Å². The van der Waals surface area contributed by atoms with Gasteiger partial charge in [-0.25, -0.2) is 0 Å². The van der Waals surface area contributed by atoms with E-state index in [4.69, 9.17) is 9.47 Å². The molecule has 0 radical (unpaired) electrons. The molecule has 0 spiro atoms. The van der Waals surface area contributed by atoms with E-state index >= 15 is 0 Å². The Bertz CT molecular complexity index is 410. The maximum atomic E-state index is 10.1. The fourth-order valence-corrected chi connectivity index (χ4v) is 1.93. The standard InChI is InChI=1S/C14H22N2O3/c1-16(2)6-5-15-10-12(17)11-3-4-13-14(9-11)19-8-7-18-13/h3-4,9,12,15,17H,5-8,10H2,1-2H3. The zero-order valence-corrected chi connectivity index (χ0v) is 11.6. The van der Waals surface area contributed by atoms with Crippen LogP contribution in [0.1, 0.15) is 11.7 Å². The van der Waals surface area contributed by atoms with Crippen molar-refractivity contribution >= 4 is 0 Å². The highest BCUT2D eigenvalue weighted by Crippen LogP contribution is 2.32. The van der Waals surface area contributed by atoms with Gasteiger partial charge in [-0.05, 0) is 31.8 Å². The van der Waals surface area contributed by atoms with E-state index in [9.17, 15) is 5.11 Å². The Morgan fingerprint density at radius 2 is 2.00 bits per heavy atom. The molecule has 2 rings (SSSR count). The molecular formula is C14H22N2O3. The molecule has 0 aromatic heterocycles. The number of rotatable bonds is 6. The minimum absolute atomic E-state index is 0.530. The smallest absolute Gasteiger partial charge is 0.161 e. The summed E-state index contributed by atoms with van der Waals surface area (Å²) in [4.78, 5) is 2.10. The summed E-state index contributed by atoms with van der Waals surface area (Å²) in [5.41, 5.74) is 0.849. The summed E-state index contributed by atoms with van der Waals surface area (Å²) < 4.78 is 11.0. The van der Waals surface area contributed by atoms with E-state index in [1.165, 1.54) is 0 Å². The Morgan fingerprint density at radius 1 is 1.26 bits per heavy atom. The third-order valence-corrected chi connectivity index (χ3v) is 3.02. The molecule has 1 unspecified atom stereocenters. The van der Waals surface area contributed by atoms with Crippen molar-refractivity contribution in [2.75, 3.05) is 46.9 Å². The van der Waals surface area contributed by atoms with Crippen LogP contribution in [0.2, 0.25) is 0 Å². The lowest BCUT2D eigenvalue weighted by molar-refractivity contribution is 0.163. The molecule has 0 aliphatic carbocycles. The second kappa shape index (κ2) is 6.75. The van der Waals surface area contributed by atoms with Crippen LogP contribution in [0.4, 0.5) is 0 Å². The molecule has 1 aliphatic heterocycles. The van der Waals surface area contributed by atoms with Gasteiger partial charge in [-0.15, -0.1) is 0 Å². The summed E-state index contributed by atoms with van der Waals surface area (Å²) in [7, 11) is 4.05. The lowest BCUT2D eigenvalue weighted by Gasteiger charge is -2.20. The Labute approximate surface area is 114 Å².